The van der Waals surface area contributed by atoms with E-state index >= 15 is 0 Å². The summed E-state index contributed by atoms with van der Waals surface area (Å²) in [5.41, 5.74) is 0.871. The summed E-state index contributed by atoms with van der Waals surface area (Å²) in [4.78, 5) is 16.3. The third kappa shape index (κ3) is 4.78. The van der Waals surface area contributed by atoms with E-state index in [1.165, 1.54) is 49.4 Å². The molecule has 0 aliphatic heterocycles. The molecule has 0 fully saturated rings. The van der Waals surface area contributed by atoms with Crippen molar-refractivity contribution in [2.24, 2.45) is 0 Å². The Morgan fingerprint density at radius 1 is 0.971 bits per heavy atom. The summed E-state index contributed by atoms with van der Waals surface area (Å²) in [5, 5.41) is 3.01. The minimum absolute atomic E-state index is 0.0361. The van der Waals surface area contributed by atoms with E-state index in [0.717, 1.165) is 13.0 Å². The van der Waals surface area contributed by atoms with Gasteiger partial charge in [-0.15, -0.1) is 0 Å². The molecule has 1 heterocycles. The normalized spacial score (nSPS) is 12.2. The SMILES string of the molecule is CC(=O)c1ccc2c(c1)nc(Nc1ccc(C(C)(F)F)cc1)n2Cc1ccccc1C(F)(F)F. The second-order valence-corrected chi connectivity index (χ2v) is 8.03. The Morgan fingerprint density at radius 3 is 2.26 bits per heavy atom. The molecule has 1 aromatic heterocycles. The monoisotopic (exact) mass is 473 g/mol. The number of imidazole rings is 1. The highest BCUT2D eigenvalue weighted by Crippen LogP contribution is 2.34. The van der Waals surface area contributed by atoms with Crippen LogP contribution in [0, 0.1) is 0 Å². The van der Waals surface area contributed by atoms with Gasteiger partial charge in [-0.1, -0.05) is 30.3 Å². The zero-order valence-electron chi connectivity index (χ0n) is 18.3. The van der Waals surface area contributed by atoms with Gasteiger partial charge in [-0.05, 0) is 48.9 Å². The van der Waals surface area contributed by atoms with Crippen molar-refractivity contribution in [1.82, 2.24) is 9.55 Å². The molecule has 0 aliphatic rings. The maximum Gasteiger partial charge on any atom is 0.416 e. The smallest absolute Gasteiger partial charge is 0.326 e. The van der Waals surface area contributed by atoms with Crippen molar-refractivity contribution in [3.05, 3.63) is 89.0 Å². The summed E-state index contributed by atoms with van der Waals surface area (Å²) in [7, 11) is 0. The first-order valence-corrected chi connectivity index (χ1v) is 10.3. The summed E-state index contributed by atoms with van der Waals surface area (Å²) in [6.45, 7) is 2.04. The quantitative estimate of drug-likeness (QED) is 0.239. The maximum atomic E-state index is 13.6. The van der Waals surface area contributed by atoms with Crippen LogP contribution in [-0.2, 0) is 18.6 Å². The lowest BCUT2D eigenvalue weighted by Gasteiger charge is -2.16. The van der Waals surface area contributed by atoms with E-state index in [9.17, 15) is 26.7 Å². The van der Waals surface area contributed by atoms with Crippen molar-refractivity contribution >= 4 is 28.5 Å². The summed E-state index contributed by atoms with van der Waals surface area (Å²) in [6, 6.07) is 15.4. The molecule has 9 heteroatoms. The summed E-state index contributed by atoms with van der Waals surface area (Å²) in [5.74, 6) is -2.97. The molecule has 3 aromatic carbocycles. The lowest BCUT2D eigenvalue weighted by Crippen LogP contribution is -2.13. The molecule has 0 saturated heterocycles. The highest BCUT2D eigenvalue weighted by Gasteiger charge is 2.33. The van der Waals surface area contributed by atoms with Crippen LogP contribution in [0.1, 0.15) is 40.9 Å². The summed E-state index contributed by atoms with van der Waals surface area (Å²) < 4.78 is 69.4. The molecule has 0 saturated carbocycles. The van der Waals surface area contributed by atoms with Gasteiger partial charge in [0.2, 0.25) is 5.95 Å². The van der Waals surface area contributed by atoms with Crippen molar-refractivity contribution in [2.45, 2.75) is 32.5 Å². The van der Waals surface area contributed by atoms with Crippen molar-refractivity contribution in [3.8, 4) is 0 Å². The van der Waals surface area contributed by atoms with Crippen molar-refractivity contribution in [1.29, 1.82) is 0 Å². The van der Waals surface area contributed by atoms with Crippen LogP contribution in [0.5, 0.6) is 0 Å². The highest BCUT2D eigenvalue weighted by atomic mass is 19.4. The molecule has 0 amide bonds. The third-order valence-electron chi connectivity index (χ3n) is 5.45. The van der Waals surface area contributed by atoms with Crippen LogP contribution in [0.25, 0.3) is 11.0 Å². The lowest BCUT2D eigenvalue weighted by molar-refractivity contribution is -0.138. The van der Waals surface area contributed by atoms with Crippen LogP contribution >= 0.6 is 0 Å². The first kappa shape index (κ1) is 23.4. The molecule has 0 atom stereocenters. The molecule has 4 aromatic rings. The number of aromatic nitrogens is 2. The molecule has 0 spiro atoms. The number of halogens is 5. The topological polar surface area (TPSA) is 46.9 Å². The van der Waals surface area contributed by atoms with E-state index in [4.69, 9.17) is 0 Å². The number of rotatable bonds is 6. The van der Waals surface area contributed by atoms with E-state index in [-0.39, 0.29) is 29.4 Å². The lowest BCUT2D eigenvalue weighted by atomic mass is 10.1. The fourth-order valence-electron chi connectivity index (χ4n) is 3.68. The average molecular weight is 473 g/mol. The van der Waals surface area contributed by atoms with Gasteiger partial charge in [-0.25, -0.2) is 13.8 Å². The molecular formula is C25H20F5N3O. The number of fused-ring (bicyclic) bond motifs is 1. The maximum absolute atomic E-state index is 13.6. The number of carbonyl (C=O) groups is 1. The van der Waals surface area contributed by atoms with Gasteiger partial charge in [0.05, 0.1) is 23.1 Å². The minimum atomic E-state index is -4.54. The van der Waals surface area contributed by atoms with Gasteiger partial charge in [0.15, 0.2) is 5.78 Å². The number of anilines is 2. The molecule has 0 unspecified atom stereocenters. The third-order valence-corrected chi connectivity index (χ3v) is 5.45. The predicted octanol–water partition coefficient (Wildman–Crippen LogP) is 7.16. The van der Waals surface area contributed by atoms with Crippen LogP contribution in [0.2, 0.25) is 0 Å². The Bertz CT molecular complexity index is 1350. The fraction of sp³-hybridized carbons (Fsp3) is 0.200. The number of ketones is 1. The number of benzene rings is 3. The Hall–Kier alpha value is -3.75. The van der Waals surface area contributed by atoms with E-state index in [2.05, 4.69) is 10.3 Å². The van der Waals surface area contributed by atoms with Gasteiger partial charge in [-0.3, -0.25) is 4.79 Å². The van der Waals surface area contributed by atoms with Crippen molar-refractivity contribution in [2.75, 3.05) is 5.32 Å². The zero-order chi connectivity index (χ0) is 24.7. The molecule has 0 bridgehead atoms. The number of nitrogens with one attached hydrogen (secondary N) is 1. The summed E-state index contributed by atoms with van der Waals surface area (Å²) in [6.07, 6.45) is -4.54. The molecule has 1 N–H and O–H groups in total. The number of hydrogen-bond donors (Lipinski definition) is 1. The molecule has 4 rings (SSSR count). The Labute approximate surface area is 192 Å². The zero-order valence-corrected chi connectivity index (χ0v) is 18.3. The van der Waals surface area contributed by atoms with Gasteiger partial charge < -0.3 is 9.88 Å². The van der Waals surface area contributed by atoms with E-state index in [0.29, 0.717) is 22.3 Å². The Kier molecular flexibility index (Phi) is 5.89. The standard InChI is InChI=1S/C25H20F5N3O/c1-15(34)16-7-12-22-21(13-16)32-23(31-19-10-8-18(9-11-19)24(2,26)27)33(22)14-17-5-3-4-6-20(17)25(28,29)30/h3-13H,14H2,1-2H3,(H,31,32). The van der Waals surface area contributed by atoms with Crippen LogP contribution < -0.4 is 5.32 Å². The van der Waals surface area contributed by atoms with Crippen LogP contribution in [-0.4, -0.2) is 15.3 Å². The Balaban J connectivity index is 1.80. The molecule has 34 heavy (non-hydrogen) atoms. The van der Waals surface area contributed by atoms with Gasteiger partial charge in [0.25, 0.3) is 5.92 Å². The molecule has 4 nitrogen and oxygen atoms in total. The second kappa shape index (κ2) is 8.55. The Morgan fingerprint density at radius 2 is 1.65 bits per heavy atom. The largest absolute Gasteiger partial charge is 0.416 e. The van der Waals surface area contributed by atoms with Crippen LogP contribution in [0.3, 0.4) is 0 Å². The number of hydrogen-bond acceptors (Lipinski definition) is 3. The van der Waals surface area contributed by atoms with Crippen LogP contribution in [0.4, 0.5) is 33.6 Å². The van der Waals surface area contributed by atoms with E-state index in [1.807, 2.05) is 0 Å². The average Bonchev–Trinajstić information content (AvgIpc) is 3.09. The minimum Gasteiger partial charge on any atom is -0.326 e. The molecule has 0 aliphatic carbocycles. The second-order valence-electron chi connectivity index (χ2n) is 8.03. The first-order valence-electron chi connectivity index (χ1n) is 10.3. The highest BCUT2D eigenvalue weighted by molar-refractivity contribution is 5.97. The summed E-state index contributed by atoms with van der Waals surface area (Å²) >= 11 is 0. The van der Waals surface area contributed by atoms with Crippen LogP contribution in [0.15, 0.2) is 66.7 Å². The molecule has 176 valence electrons. The molecule has 0 radical (unpaired) electrons. The first-order chi connectivity index (χ1) is 15.9. The fourth-order valence-corrected chi connectivity index (χ4v) is 3.68. The number of carbonyl (C=O) groups excluding carboxylic acids is 1. The number of Topliss-reactive ketones (excluding diaryl/α,β-unsaturated/α-hetero) is 1. The number of nitrogens with zero attached hydrogens (tertiary/aromatic N) is 2. The van der Waals surface area contributed by atoms with Gasteiger partial charge in [0.1, 0.15) is 0 Å². The molecular weight excluding hydrogens is 453 g/mol. The van der Waals surface area contributed by atoms with E-state index in [1.54, 1.807) is 22.8 Å². The predicted molar refractivity (Wildman–Crippen MR) is 120 cm³/mol. The van der Waals surface area contributed by atoms with Crippen molar-refractivity contribution in [3.63, 3.8) is 0 Å². The van der Waals surface area contributed by atoms with E-state index < -0.39 is 17.7 Å². The van der Waals surface area contributed by atoms with Gasteiger partial charge in [0, 0.05) is 23.7 Å². The van der Waals surface area contributed by atoms with Gasteiger partial charge >= 0.3 is 6.18 Å². The number of alkyl halides is 5. The van der Waals surface area contributed by atoms with Gasteiger partial charge in [-0.2, -0.15) is 13.2 Å². The van der Waals surface area contributed by atoms with Crippen molar-refractivity contribution < 1.29 is 26.7 Å².